The summed E-state index contributed by atoms with van der Waals surface area (Å²) >= 11 is 1.53. The molecule has 1 aromatic heterocycles. The molecule has 1 heterocycles. The zero-order chi connectivity index (χ0) is 15.1. The Bertz CT molecular complexity index is 656. The number of amides is 1. The van der Waals surface area contributed by atoms with E-state index in [4.69, 9.17) is 5.11 Å². The lowest BCUT2D eigenvalue weighted by Crippen LogP contribution is -2.28. The molecular weight excluding hydrogens is 284 g/mol. The van der Waals surface area contributed by atoms with Gasteiger partial charge in [0.15, 0.2) is 0 Å². The fourth-order valence-electron chi connectivity index (χ4n) is 1.87. The van der Waals surface area contributed by atoms with Crippen LogP contribution in [0.2, 0.25) is 0 Å². The second kappa shape index (κ2) is 7.58. The van der Waals surface area contributed by atoms with E-state index >= 15 is 0 Å². The Morgan fingerprint density at radius 1 is 1.52 bits per heavy atom. The predicted molar refractivity (Wildman–Crippen MR) is 83.0 cm³/mol. The van der Waals surface area contributed by atoms with Crippen LogP contribution in [0.1, 0.15) is 40.3 Å². The van der Waals surface area contributed by atoms with Crippen molar-refractivity contribution in [2.45, 2.75) is 19.4 Å². The fourth-order valence-corrected chi connectivity index (χ4v) is 2.64. The van der Waals surface area contributed by atoms with Gasteiger partial charge in [0.1, 0.15) is 11.6 Å². The van der Waals surface area contributed by atoms with Gasteiger partial charge in [-0.25, -0.2) is 4.98 Å². The third kappa shape index (κ3) is 4.15. The molecule has 0 spiro atoms. The number of hydrogen-bond acceptors (Lipinski definition) is 4. The third-order valence-corrected chi connectivity index (χ3v) is 3.79. The van der Waals surface area contributed by atoms with Gasteiger partial charge in [0.05, 0.1) is 6.04 Å². The van der Waals surface area contributed by atoms with E-state index in [1.165, 1.54) is 11.3 Å². The molecule has 5 heteroatoms. The van der Waals surface area contributed by atoms with Crippen molar-refractivity contribution >= 4 is 17.2 Å². The third-order valence-electron chi connectivity index (χ3n) is 2.90. The van der Waals surface area contributed by atoms with Gasteiger partial charge in [-0.3, -0.25) is 4.79 Å². The highest BCUT2D eigenvalue weighted by Crippen LogP contribution is 2.19. The van der Waals surface area contributed by atoms with E-state index in [9.17, 15) is 4.79 Å². The number of carbonyl (C=O) groups is 1. The summed E-state index contributed by atoms with van der Waals surface area (Å²) in [5, 5.41) is 14.5. The topological polar surface area (TPSA) is 62.2 Å². The first-order valence-corrected chi connectivity index (χ1v) is 7.52. The fraction of sp³-hybridized carbons (Fsp3) is 0.250. The average molecular weight is 300 g/mol. The quantitative estimate of drug-likeness (QED) is 0.852. The summed E-state index contributed by atoms with van der Waals surface area (Å²) in [5.74, 6) is 5.22. The van der Waals surface area contributed by atoms with Crippen molar-refractivity contribution in [2.24, 2.45) is 0 Å². The minimum atomic E-state index is -0.196. The van der Waals surface area contributed by atoms with Crippen molar-refractivity contribution in [3.63, 3.8) is 0 Å². The van der Waals surface area contributed by atoms with Crippen LogP contribution in [0.4, 0.5) is 0 Å². The molecular formula is C16H16N2O2S. The maximum absolute atomic E-state index is 12.3. The van der Waals surface area contributed by atoms with Gasteiger partial charge in [-0.15, -0.1) is 11.3 Å². The molecule has 0 fully saturated rings. The molecule has 0 radical (unpaired) electrons. The number of rotatable bonds is 4. The summed E-state index contributed by atoms with van der Waals surface area (Å²) in [7, 11) is 0. The van der Waals surface area contributed by atoms with Crippen LogP contribution < -0.4 is 5.32 Å². The number of benzene rings is 1. The van der Waals surface area contributed by atoms with Crippen molar-refractivity contribution in [2.75, 3.05) is 6.61 Å². The lowest BCUT2D eigenvalue weighted by molar-refractivity contribution is 0.0935. The summed E-state index contributed by atoms with van der Waals surface area (Å²) in [6.07, 6.45) is 2.52. The Kier molecular flexibility index (Phi) is 5.50. The van der Waals surface area contributed by atoms with Gasteiger partial charge >= 0.3 is 0 Å². The largest absolute Gasteiger partial charge is 0.384 e. The highest BCUT2D eigenvalue weighted by atomic mass is 32.1. The summed E-state index contributed by atoms with van der Waals surface area (Å²) in [6.45, 7) is 1.81. The van der Waals surface area contributed by atoms with Crippen LogP contribution in [0.15, 0.2) is 35.8 Å². The van der Waals surface area contributed by atoms with E-state index < -0.39 is 0 Å². The lowest BCUT2D eigenvalue weighted by Gasteiger charge is -2.14. The highest BCUT2D eigenvalue weighted by Gasteiger charge is 2.16. The van der Waals surface area contributed by atoms with Crippen molar-refractivity contribution in [1.82, 2.24) is 10.3 Å². The predicted octanol–water partition coefficient (Wildman–Crippen LogP) is 2.37. The molecule has 108 valence electrons. The molecule has 1 aromatic carbocycles. The first-order chi connectivity index (χ1) is 10.2. The summed E-state index contributed by atoms with van der Waals surface area (Å²) < 4.78 is 0. The second-order valence-electron chi connectivity index (χ2n) is 4.35. The summed E-state index contributed by atoms with van der Waals surface area (Å²) in [4.78, 5) is 16.5. The van der Waals surface area contributed by atoms with Crippen molar-refractivity contribution in [1.29, 1.82) is 0 Å². The maximum atomic E-state index is 12.3. The first-order valence-electron chi connectivity index (χ1n) is 6.64. The monoisotopic (exact) mass is 300 g/mol. The van der Waals surface area contributed by atoms with Gasteiger partial charge in [0.2, 0.25) is 0 Å². The number of aliphatic hydroxyl groups excluding tert-OH is 1. The molecule has 0 bridgehead atoms. The van der Waals surface area contributed by atoms with Crippen molar-refractivity contribution in [3.8, 4) is 11.8 Å². The van der Waals surface area contributed by atoms with E-state index in [-0.39, 0.29) is 18.6 Å². The van der Waals surface area contributed by atoms with E-state index in [2.05, 4.69) is 22.1 Å². The lowest BCUT2D eigenvalue weighted by atomic mass is 10.1. The second-order valence-corrected chi connectivity index (χ2v) is 5.27. The van der Waals surface area contributed by atoms with E-state index in [0.717, 1.165) is 11.4 Å². The Morgan fingerprint density at radius 2 is 2.38 bits per heavy atom. The summed E-state index contributed by atoms with van der Waals surface area (Å²) in [5.41, 5.74) is 1.26. The molecule has 0 saturated carbocycles. The number of aliphatic hydroxyl groups is 1. The number of thiazole rings is 1. The molecule has 1 unspecified atom stereocenters. The van der Waals surface area contributed by atoms with E-state index in [1.807, 2.05) is 12.3 Å². The van der Waals surface area contributed by atoms with Gasteiger partial charge in [-0.2, -0.15) is 0 Å². The van der Waals surface area contributed by atoms with Crippen LogP contribution in [0.3, 0.4) is 0 Å². The molecule has 21 heavy (non-hydrogen) atoms. The Hall–Kier alpha value is -2.16. The first kappa shape index (κ1) is 15.2. The summed E-state index contributed by atoms with van der Waals surface area (Å²) in [6, 6.07) is 6.96. The molecule has 0 aliphatic rings. The highest BCUT2D eigenvalue weighted by molar-refractivity contribution is 7.09. The number of carbonyl (C=O) groups excluding carboxylic acids is 1. The van der Waals surface area contributed by atoms with Gasteiger partial charge in [-0.05, 0) is 24.6 Å². The number of nitrogens with one attached hydrogen (secondary N) is 1. The van der Waals surface area contributed by atoms with E-state index in [0.29, 0.717) is 11.1 Å². The number of aromatic nitrogens is 1. The van der Waals surface area contributed by atoms with Crippen LogP contribution in [0, 0.1) is 11.8 Å². The van der Waals surface area contributed by atoms with Gasteiger partial charge < -0.3 is 10.4 Å². The zero-order valence-corrected chi connectivity index (χ0v) is 12.5. The normalized spacial score (nSPS) is 11.3. The molecule has 4 nitrogen and oxygen atoms in total. The average Bonchev–Trinajstić information content (AvgIpc) is 3.04. The molecule has 2 aromatic rings. The van der Waals surface area contributed by atoms with Crippen LogP contribution in [-0.2, 0) is 0 Å². The van der Waals surface area contributed by atoms with Crippen molar-refractivity contribution in [3.05, 3.63) is 52.0 Å². The minimum absolute atomic E-state index is 0.0790. The van der Waals surface area contributed by atoms with Crippen molar-refractivity contribution < 1.29 is 9.90 Å². The van der Waals surface area contributed by atoms with Gasteiger partial charge in [0, 0.05) is 22.7 Å². The molecule has 1 atom stereocenters. The number of hydrogen-bond donors (Lipinski definition) is 2. The maximum Gasteiger partial charge on any atom is 0.251 e. The molecule has 2 rings (SSSR count). The molecule has 1 amide bonds. The Labute approximate surface area is 127 Å². The molecule has 0 saturated heterocycles. The van der Waals surface area contributed by atoms with Crippen LogP contribution in [0.5, 0.6) is 0 Å². The minimum Gasteiger partial charge on any atom is -0.384 e. The standard InChI is InChI=1S/C16H16N2O2S/c1-2-14(16-17-8-10-21-16)18-15(20)13-7-3-5-12(11-13)6-4-9-19/h3,5,7-8,10-11,14,19H,2,9H2,1H3,(H,18,20). The smallest absolute Gasteiger partial charge is 0.251 e. The molecule has 0 aliphatic heterocycles. The zero-order valence-electron chi connectivity index (χ0n) is 11.7. The van der Waals surface area contributed by atoms with E-state index in [1.54, 1.807) is 30.5 Å². The van der Waals surface area contributed by atoms with Crippen LogP contribution >= 0.6 is 11.3 Å². The molecule has 0 aliphatic carbocycles. The number of nitrogens with zero attached hydrogens (tertiary/aromatic N) is 1. The Morgan fingerprint density at radius 3 is 3.05 bits per heavy atom. The SMILES string of the molecule is CCC(NC(=O)c1cccc(C#CCO)c1)c1nccs1. The van der Waals surface area contributed by atoms with Crippen LogP contribution in [0.25, 0.3) is 0 Å². The Balaban J connectivity index is 2.12. The van der Waals surface area contributed by atoms with Crippen LogP contribution in [-0.4, -0.2) is 22.6 Å². The van der Waals surface area contributed by atoms with Gasteiger partial charge in [0.25, 0.3) is 5.91 Å². The van der Waals surface area contributed by atoms with Gasteiger partial charge in [-0.1, -0.05) is 24.8 Å². The molecule has 2 N–H and O–H groups in total.